The van der Waals surface area contributed by atoms with E-state index in [2.05, 4.69) is 10.6 Å². The lowest BCUT2D eigenvalue weighted by Gasteiger charge is -2.19. The molecule has 160 valence electrons. The molecule has 0 aromatic carbocycles. The standard InChI is InChI=1S/C20H29N3O6/c1-12(17(25)22-20(28)21-13-6-2-3-7-13)29-16(24)10-11-23-18(26)14-8-4-5-9-15(14)19(23)27/h12-15H,2-11H2,1H3,(H2,21,22,25,28)/t12-,14-,15+/m1/s1. The number of ether oxygens (including phenoxy) is 1. The van der Waals surface area contributed by atoms with Crippen molar-refractivity contribution < 1.29 is 28.7 Å². The number of fused-ring (bicyclic) bond motifs is 1. The fraction of sp³-hybridized carbons (Fsp3) is 0.750. The molecule has 2 N–H and O–H groups in total. The van der Waals surface area contributed by atoms with Crippen molar-refractivity contribution in [3.8, 4) is 0 Å². The molecule has 0 radical (unpaired) electrons. The molecule has 0 aromatic heterocycles. The normalized spacial score (nSPS) is 25.5. The summed E-state index contributed by atoms with van der Waals surface area (Å²) in [6.45, 7) is 1.33. The molecule has 0 aromatic rings. The number of nitrogens with zero attached hydrogens (tertiary/aromatic N) is 1. The minimum atomic E-state index is -1.15. The van der Waals surface area contributed by atoms with Gasteiger partial charge in [0, 0.05) is 12.6 Å². The molecular formula is C20H29N3O6. The second-order valence-corrected chi connectivity index (χ2v) is 8.15. The van der Waals surface area contributed by atoms with Gasteiger partial charge in [0.25, 0.3) is 5.91 Å². The summed E-state index contributed by atoms with van der Waals surface area (Å²) in [6.07, 6.45) is 5.88. The lowest BCUT2D eigenvalue weighted by atomic mass is 9.81. The first kappa shape index (κ1) is 21.3. The highest BCUT2D eigenvalue weighted by Crippen LogP contribution is 2.37. The number of urea groups is 1. The van der Waals surface area contributed by atoms with Crippen LogP contribution in [0.2, 0.25) is 0 Å². The highest BCUT2D eigenvalue weighted by atomic mass is 16.5. The average molecular weight is 407 g/mol. The summed E-state index contributed by atoms with van der Waals surface area (Å²) in [6, 6.07) is -0.527. The van der Waals surface area contributed by atoms with Gasteiger partial charge >= 0.3 is 12.0 Å². The average Bonchev–Trinajstić information content (AvgIpc) is 3.27. The first-order valence-electron chi connectivity index (χ1n) is 10.5. The SMILES string of the molecule is C[C@@H](OC(=O)CCN1C(=O)[C@H]2CCCC[C@H]2C1=O)C(=O)NC(=O)NC1CCCC1. The smallest absolute Gasteiger partial charge is 0.321 e. The van der Waals surface area contributed by atoms with Gasteiger partial charge in [-0.15, -0.1) is 0 Å². The van der Waals surface area contributed by atoms with E-state index in [4.69, 9.17) is 4.74 Å². The fourth-order valence-electron chi connectivity index (χ4n) is 4.47. The molecule has 1 aliphatic heterocycles. The Morgan fingerprint density at radius 3 is 2.14 bits per heavy atom. The number of carbonyl (C=O) groups excluding carboxylic acids is 5. The van der Waals surface area contributed by atoms with Gasteiger partial charge in [-0.3, -0.25) is 29.4 Å². The molecule has 9 heteroatoms. The monoisotopic (exact) mass is 407 g/mol. The number of likely N-dealkylation sites (tertiary alicyclic amines) is 1. The van der Waals surface area contributed by atoms with Crippen LogP contribution in [0.4, 0.5) is 4.79 Å². The van der Waals surface area contributed by atoms with Crippen molar-refractivity contribution in [2.75, 3.05) is 6.54 Å². The van der Waals surface area contributed by atoms with Crippen LogP contribution in [0.25, 0.3) is 0 Å². The number of nitrogens with one attached hydrogen (secondary N) is 2. The minimum absolute atomic E-state index is 0.0417. The minimum Gasteiger partial charge on any atom is -0.452 e. The molecule has 1 heterocycles. The van der Waals surface area contributed by atoms with Gasteiger partial charge in [-0.25, -0.2) is 4.79 Å². The molecule has 2 saturated carbocycles. The van der Waals surface area contributed by atoms with Gasteiger partial charge in [0.1, 0.15) is 0 Å². The van der Waals surface area contributed by atoms with Crippen LogP contribution in [-0.2, 0) is 23.9 Å². The zero-order valence-electron chi connectivity index (χ0n) is 16.8. The first-order chi connectivity index (χ1) is 13.9. The number of hydrogen-bond acceptors (Lipinski definition) is 6. The Balaban J connectivity index is 1.40. The van der Waals surface area contributed by atoms with Crippen molar-refractivity contribution >= 4 is 29.7 Å². The molecule has 29 heavy (non-hydrogen) atoms. The van der Waals surface area contributed by atoms with E-state index in [0.29, 0.717) is 0 Å². The third-order valence-electron chi connectivity index (χ3n) is 6.08. The van der Waals surface area contributed by atoms with Crippen LogP contribution in [0.3, 0.4) is 0 Å². The Kier molecular flexibility index (Phi) is 6.87. The largest absolute Gasteiger partial charge is 0.452 e. The van der Waals surface area contributed by atoms with Crippen LogP contribution in [0.5, 0.6) is 0 Å². The molecule has 9 nitrogen and oxygen atoms in total. The Hall–Kier alpha value is -2.45. The molecule has 3 rings (SSSR count). The summed E-state index contributed by atoms with van der Waals surface area (Å²) >= 11 is 0. The van der Waals surface area contributed by atoms with Crippen molar-refractivity contribution in [2.24, 2.45) is 11.8 Å². The number of amides is 5. The molecule has 3 fully saturated rings. The predicted molar refractivity (Wildman–Crippen MR) is 101 cm³/mol. The highest BCUT2D eigenvalue weighted by molar-refractivity contribution is 6.05. The van der Waals surface area contributed by atoms with E-state index in [1.807, 2.05) is 0 Å². The third-order valence-corrected chi connectivity index (χ3v) is 6.08. The van der Waals surface area contributed by atoms with E-state index in [9.17, 15) is 24.0 Å². The van der Waals surface area contributed by atoms with Gasteiger partial charge in [-0.2, -0.15) is 0 Å². The van der Waals surface area contributed by atoms with E-state index in [-0.39, 0.29) is 42.7 Å². The lowest BCUT2D eigenvalue weighted by molar-refractivity contribution is -0.155. The quantitative estimate of drug-likeness (QED) is 0.505. The van der Waals surface area contributed by atoms with Crippen LogP contribution >= 0.6 is 0 Å². The van der Waals surface area contributed by atoms with Crippen molar-refractivity contribution in [2.45, 2.75) is 76.9 Å². The lowest BCUT2D eigenvalue weighted by Crippen LogP contribution is -2.47. The fourth-order valence-corrected chi connectivity index (χ4v) is 4.47. The summed E-state index contributed by atoms with van der Waals surface area (Å²) in [5.74, 6) is -2.33. The summed E-state index contributed by atoms with van der Waals surface area (Å²) in [5.41, 5.74) is 0. The second-order valence-electron chi connectivity index (χ2n) is 8.15. The van der Waals surface area contributed by atoms with E-state index >= 15 is 0 Å². The molecule has 0 unspecified atom stereocenters. The van der Waals surface area contributed by atoms with E-state index in [1.54, 1.807) is 0 Å². The predicted octanol–water partition coefficient (Wildman–Crippen LogP) is 1.25. The highest BCUT2D eigenvalue weighted by Gasteiger charge is 2.47. The Morgan fingerprint density at radius 2 is 1.55 bits per heavy atom. The molecule has 2 aliphatic carbocycles. The maximum atomic E-state index is 12.4. The van der Waals surface area contributed by atoms with Crippen molar-refractivity contribution in [1.29, 1.82) is 0 Å². The second kappa shape index (κ2) is 9.37. The Bertz CT molecular complexity index is 664. The number of hydrogen-bond donors (Lipinski definition) is 2. The van der Waals surface area contributed by atoms with Gasteiger partial charge in [-0.1, -0.05) is 25.7 Å². The van der Waals surface area contributed by atoms with E-state index in [0.717, 1.165) is 56.3 Å². The third kappa shape index (κ3) is 5.13. The molecule has 3 atom stereocenters. The molecule has 0 spiro atoms. The number of rotatable bonds is 6. The molecule has 0 bridgehead atoms. The Morgan fingerprint density at radius 1 is 1.00 bits per heavy atom. The van der Waals surface area contributed by atoms with Gasteiger partial charge in [-0.05, 0) is 32.6 Å². The molecule has 3 aliphatic rings. The molecule has 5 amide bonds. The molecular weight excluding hydrogens is 378 g/mol. The van der Waals surface area contributed by atoms with Crippen molar-refractivity contribution in [3.05, 3.63) is 0 Å². The van der Waals surface area contributed by atoms with Gasteiger partial charge in [0.05, 0.1) is 18.3 Å². The van der Waals surface area contributed by atoms with E-state index in [1.165, 1.54) is 6.92 Å². The van der Waals surface area contributed by atoms with Crippen LogP contribution < -0.4 is 10.6 Å². The van der Waals surface area contributed by atoms with Crippen LogP contribution in [0, 0.1) is 11.8 Å². The zero-order valence-corrected chi connectivity index (χ0v) is 16.8. The van der Waals surface area contributed by atoms with E-state index < -0.39 is 24.0 Å². The first-order valence-corrected chi connectivity index (χ1v) is 10.5. The number of imide groups is 2. The van der Waals surface area contributed by atoms with Crippen LogP contribution in [0.1, 0.15) is 64.7 Å². The van der Waals surface area contributed by atoms with Crippen molar-refractivity contribution in [1.82, 2.24) is 15.5 Å². The van der Waals surface area contributed by atoms with Crippen LogP contribution in [0.15, 0.2) is 0 Å². The van der Waals surface area contributed by atoms with Crippen LogP contribution in [-0.4, -0.2) is 53.3 Å². The summed E-state index contributed by atoms with van der Waals surface area (Å²) in [4.78, 5) is 61.9. The van der Waals surface area contributed by atoms with Gasteiger partial charge in [0.15, 0.2) is 6.10 Å². The zero-order chi connectivity index (χ0) is 21.0. The summed E-state index contributed by atoms with van der Waals surface area (Å²) in [5, 5.41) is 4.89. The summed E-state index contributed by atoms with van der Waals surface area (Å²) in [7, 11) is 0. The maximum absolute atomic E-state index is 12.4. The summed E-state index contributed by atoms with van der Waals surface area (Å²) < 4.78 is 5.05. The molecule has 1 saturated heterocycles. The number of carbonyl (C=O) groups is 5. The maximum Gasteiger partial charge on any atom is 0.321 e. The Labute approximate surface area is 169 Å². The number of esters is 1. The van der Waals surface area contributed by atoms with Gasteiger partial charge < -0.3 is 10.1 Å². The van der Waals surface area contributed by atoms with Crippen molar-refractivity contribution in [3.63, 3.8) is 0 Å². The topological polar surface area (TPSA) is 122 Å². The van der Waals surface area contributed by atoms with Gasteiger partial charge in [0.2, 0.25) is 11.8 Å².